The third kappa shape index (κ3) is 10.0. The molecule has 240 valence electrons. The van der Waals surface area contributed by atoms with Crippen LogP contribution in [0.2, 0.25) is 0 Å². The number of carbonyl (C=O) groups is 4. The Labute approximate surface area is 262 Å². The van der Waals surface area contributed by atoms with Crippen LogP contribution in [0.15, 0.2) is 85.1 Å². The van der Waals surface area contributed by atoms with Crippen LogP contribution < -0.4 is 16.0 Å². The molecule has 0 aliphatic rings. The van der Waals surface area contributed by atoms with Gasteiger partial charge in [-0.3, -0.25) is 9.59 Å². The van der Waals surface area contributed by atoms with E-state index in [0.29, 0.717) is 24.3 Å². The maximum atomic E-state index is 12.7. The Morgan fingerprint density at radius 2 is 1.57 bits per heavy atom. The fraction of sp³-hybridized carbons (Fsp3) is 0.242. The van der Waals surface area contributed by atoms with Crippen LogP contribution in [-0.4, -0.2) is 48.0 Å². The predicted molar refractivity (Wildman–Crippen MR) is 163 cm³/mol. The molecule has 0 saturated carbocycles. The molecule has 0 aliphatic heterocycles. The van der Waals surface area contributed by atoms with Crippen LogP contribution in [0.4, 0.5) is 19.0 Å². The molecule has 3 N–H and O–H groups in total. The third-order valence-corrected chi connectivity index (χ3v) is 6.79. The zero-order valence-electron chi connectivity index (χ0n) is 24.7. The van der Waals surface area contributed by atoms with E-state index in [1.165, 1.54) is 0 Å². The normalized spacial score (nSPS) is 11.7. The topological polar surface area (TPSA) is 136 Å². The van der Waals surface area contributed by atoms with Gasteiger partial charge in [0.15, 0.2) is 0 Å². The van der Waals surface area contributed by atoms with Crippen molar-refractivity contribution in [3.05, 3.63) is 96.2 Å². The first-order valence-electron chi connectivity index (χ1n) is 14.3. The number of halogens is 3. The summed E-state index contributed by atoms with van der Waals surface area (Å²) in [5.41, 5.74) is 3.20. The molecule has 0 fully saturated rings. The second-order valence-electron chi connectivity index (χ2n) is 10.4. The SMILES string of the molecule is Cc1ccnc(NCCCC(=O)NCC(=O)NC(CC(=O)OOC(=O)C(F)(F)F)c2ccc(-c3ccc4ccccc4c3)cc2)c1. The molecular formula is C33H31F3N4O6. The van der Waals surface area contributed by atoms with Gasteiger partial charge in [-0.05, 0) is 64.6 Å². The van der Waals surface area contributed by atoms with E-state index in [4.69, 9.17) is 0 Å². The fourth-order valence-corrected chi connectivity index (χ4v) is 4.47. The van der Waals surface area contributed by atoms with Crippen LogP contribution in [0, 0.1) is 6.92 Å². The molecule has 2 amide bonds. The monoisotopic (exact) mass is 636 g/mol. The summed E-state index contributed by atoms with van der Waals surface area (Å²) in [7, 11) is 0. The van der Waals surface area contributed by atoms with Gasteiger partial charge in [-0.25, -0.2) is 24.3 Å². The van der Waals surface area contributed by atoms with Crippen LogP contribution in [-0.2, 0) is 29.0 Å². The lowest BCUT2D eigenvalue weighted by atomic mass is 9.97. The summed E-state index contributed by atoms with van der Waals surface area (Å²) >= 11 is 0. The average Bonchev–Trinajstić information content (AvgIpc) is 3.03. The minimum atomic E-state index is -5.36. The lowest BCUT2D eigenvalue weighted by Crippen LogP contribution is -2.39. The quantitative estimate of drug-likeness (QED) is 0.108. The van der Waals surface area contributed by atoms with Crippen molar-refractivity contribution in [1.82, 2.24) is 15.6 Å². The number of benzene rings is 3. The molecule has 1 atom stereocenters. The van der Waals surface area contributed by atoms with E-state index in [0.717, 1.165) is 27.5 Å². The third-order valence-electron chi connectivity index (χ3n) is 6.79. The van der Waals surface area contributed by atoms with E-state index in [2.05, 4.69) is 30.7 Å². The standard InChI is InChI=1S/C33H31F3N4O6/c1-21-14-16-38-28(17-21)37-15-4-7-29(41)39-20-30(42)40-27(19-31(43)45-46-32(44)33(34,35)36)24-11-8-23(9-12-24)26-13-10-22-5-2-3-6-25(22)18-26/h2-3,5-6,8-14,16-18,27H,4,7,15,19-20H2,1H3,(H,37,38)(H,39,41)(H,40,42). The molecule has 4 aromatic rings. The largest absolute Gasteiger partial charge is 0.495 e. The van der Waals surface area contributed by atoms with E-state index in [1.807, 2.05) is 61.5 Å². The van der Waals surface area contributed by atoms with Crippen molar-refractivity contribution in [2.24, 2.45) is 0 Å². The highest BCUT2D eigenvalue weighted by atomic mass is 19.4. The van der Waals surface area contributed by atoms with Gasteiger partial charge in [-0.1, -0.05) is 60.7 Å². The summed E-state index contributed by atoms with van der Waals surface area (Å²) in [6.45, 7) is 1.99. The van der Waals surface area contributed by atoms with E-state index in [9.17, 15) is 32.3 Å². The smallest absolute Gasteiger partial charge is 0.370 e. The number of amides is 2. The summed E-state index contributed by atoms with van der Waals surface area (Å²) in [6, 6.07) is 23.2. The maximum Gasteiger partial charge on any atom is 0.495 e. The summed E-state index contributed by atoms with van der Waals surface area (Å²) in [5, 5.41) is 10.3. The summed E-state index contributed by atoms with van der Waals surface area (Å²) in [4.78, 5) is 60.1. The number of nitrogens with zero attached hydrogens (tertiary/aromatic N) is 1. The molecule has 1 unspecified atom stereocenters. The Morgan fingerprint density at radius 3 is 2.28 bits per heavy atom. The average molecular weight is 637 g/mol. The van der Waals surface area contributed by atoms with Crippen LogP contribution in [0.25, 0.3) is 21.9 Å². The van der Waals surface area contributed by atoms with Crippen molar-refractivity contribution >= 4 is 40.3 Å². The molecule has 0 radical (unpaired) electrons. The van der Waals surface area contributed by atoms with Crippen LogP contribution >= 0.6 is 0 Å². The highest BCUT2D eigenvalue weighted by molar-refractivity contribution is 5.88. The van der Waals surface area contributed by atoms with E-state index in [1.54, 1.807) is 30.5 Å². The Balaban J connectivity index is 1.36. The first-order chi connectivity index (χ1) is 22.0. The molecule has 0 spiro atoms. The number of carbonyl (C=O) groups excluding carboxylic acids is 4. The van der Waals surface area contributed by atoms with Crippen LogP contribution in [0.3, 0.4) is 0 Å². The van der Waals surface area contributed by atoms with Gasteiger partial charge >= 0.3 is 18.1 Å². The number of nitrogens with one attached hydrogen (secondary N) is 3. The first-order valence-corrected chi connectivity index (χ1v) is 14.3. The number of aryl methyl sites for hydroxylation is 1. The predicted octanol–water partition coefficient (Wildman–Crippen LogP) is 5.33. The highest BCUT2D eigenvalue weighted by Crippen LogP contribution is 2.27. The minimum Gasteiger partial charge on any atom is -0.370 e. The number of aromatic nitrogens is 1. The molecule has 46 heavy (non-hydrogen) atoms. The molecule has 13 heteroatoms. The van der Waals surface area contributed by atoms with Crippen molar-refractivity contribution in [2.45, 2.75) is 38.4 Å². The van der Waals surface area contributed by atoms with Gasteiger partial charge in [0.25, 0.3) is 0 Å². The molecule has 0 saturated heterocycles. The van der Waals surface area contributed by atoms with Gasteiger partial charge in [0.1, 0.15) is 5.82 Å². The Morgan fingerprint density at radius 1 is 0.848 bits per heavy atom. The summed E-state index contributed by atoms with van der Waals surface area (Å²) in [6.07, 6.45) is -3.76. The van der Waals surface area contributed by atoms with E-state index >= 15 is 0 Å². The van der Waals surface area contributed by atoms with Crippen molar-refractivity contribution in [1.29, 1.82) is 0 Å². The lowest BCUT2D eigenvalue weighted by Gasteiger charge is -2.19. The van der Waals surface area contributed by atoms with Gasteiger partial charge in [0.2, 0.25) is 11.8 Å². The summed E-state index contributed by atoms with van der Waals surface area (Å²) in [5.74, 6) is -4.40. The number of anilines is 1. The Bertz CT molecular complexity index is 1700. The number of rotatable bonds is 12. The lowest BCUT2D eigenvalue weighted by molar-refractivity contribution is -0.286. The maximum absolute atomic E-state index is 12.7. The first kappa shape index (κ1) is 33.4. The number of alkyl halides is 3. The fourth-order valence-electron chi connectivity index (χ4n) is 4.47. The van der Waals surface area contributed by atoms with Gasteiger partial charge in [-0.2, -0.15) is 13.2 Å². The molecule has 0 bridgehead atoms. The zero-order valence-corrected chi connectivity index (χ0v) is 24.7. The number of hydrogen-bond acceptors (Lipinski definition) is 8. The van der Waals surface area contributed by atoms with E-state index < -0.39 is 43.0 Å². The van der Waals surface area contributed by atoms with Crippen LogP contribution in [0.1, 0.15) is 36.4 Å². The highest BCUT2D eigenvalue weighted by Gasteiger charge is 2.43. The van der Waals surface area contributed by atoms with E-state index in [-0.39, 0.29) is 12.3 Å². The number of fused-ring (bicyclic) bond motifs is 1. The molecular weight excluding hydrogens is 605 g/mol. The van der Waals surface area contributed by atoms with Crippen LogP contribution in [0.5, 0.6) is 0 Å². The molecule has 10 nitrogen and oxygen atoms in total. The Hall–Kier alpha value is -5.46. The molecule has 3 aromatic carbocycles. The van der Waals surface area contributed by atoms with Gasteiger partial charge in [-0.15, -0.1) is 0 Å². The second-order valence-corrected chi connectivity index (χ2v) is 10.4. The van der Waals surface area contributed by atoms with Gasteiger partial charge in [0.05, 0.1) is 19.0 Å². The second kappa shape index (κ2) is 15.5. The van der Waals surface area contributed by atoms with Crippen molar-refractivity contribution < 1.29 is 42.1 Å². The van der Waals surface area contributed by atoms with Crippen molar-refractivity contribution in [2.75, 3.05) is 18.4 Å². The number of pyridine rings is 1. The Kier molecular flexibility index (Phi) is 11.3. The van der Waals surface area contributed by atoms with Gasteiger partial charge < -0.3 is 16.0 Å². The summed E-state index contributed by atoms with van der Waals surface area (Å²) < 4.78 is 37.3. The van der Waals surface area contributed by atoms with Crippen molar-refractivity contribution in [3.8, 4) is 11.1 Å². The van der Waals surface area contributed by atoms with Gasteiger partial charge in [0, 0.05) is 19.2 Å². The molecule has 1 aromatic heterocycles. The zero-order chi connectivity index (χ0) is 33.1. The number of hydrogen-bond donors (Lipinski definition) is 3. The molecule has 1 heterocycles. The molecule has 4 rings (SSSR count). The minimum absolute atomic E-state index is 0.128. The molecule has 0 aliphatic carbocycles. The van der Waals surface area contributed by atoms with Crippen molar-refractivity contribution in [3.63, 3.8) is 0 Å².